The van der Waals surface area contributed by atoms with Crippen LogP contribution in [0.15, 0.2) is 21.3 Å². The van der Waals surface area contributed by atoms with Gasteiger partial charge >= 0.3 is 11.9 Å². The number of carbonyl (C=O) groups excluding carboxylic acids is 12. The third-order valence-electron chi connectivity index (χ3n) is 17.3. The van der Waals surface area contributed by atoms with E-state index in [1.165, 1.54) is 80.7 Å². The van der Waals surface area contributed by atoms with E-state index in [2.05, 4.69) is 21.3 Å². The van der Waals surface area contributed by atoms with Gasteiger partial charge < -0.3 is 70.3 Å². The molecule has 89 heavy (non-hydrogen) atoms. The number of hydrogen-bond donors (Lipinski definition) is 5. The minimum absolute atomic E-state index is 0.0770. The lowest BCUT2D eigenvalue weighted by molar-refractivity contribution is -0.164. The van der Waals surface area contributed by atoms with Crippen molar-refractivity contribution < 1.29 is 71.4 Å². The van der Waals surface area contributed by atoms with Gasteiger partial charge in [-0.05, 0) is 82.3 Å². The highest BCUT2D eigenvalue weighted by atomic mass is 16.6. The molecule has 28 nitrogen and oxygen atoms in total. The van der Waals surface area contributed by atoms with Crippen LogP contribution < -0.4 is 32.4 Å². The van der Waals surface area contributed by atoms with Crippen molar-refractivity contribution in [2.45, 2.75) is 163 Å². The first kappa shape index (κ1) is 67.8. The number of likely N-dealkylation sites (N-methyl/N-ethyl adjacent to an activating group) is 4. The molecule has 28 heteroatoms. The summed E-state index contributed by atoms with van der Waals surface area (Å²) in [5.41, 5.74) is 3.54. The van der Waals surface area contributed by atoms with E-state index in [0.29, 0.717) is 12.0 Å². The lowest BCUT2D eigenvalue weighted by Crippen LogP contribution is -2.65. The lowest BCUT2D eigenvalue weighted by atomic mass is 9.95. The second-order valence-corrected chi connectivity index (χ2v) is 25.2. The van der Waals surface area contributed by atoms with E-state index in [4.69, 9.17) is 24.6 Å². The zero-order valence-corrected chi connectivity index (χ0v) is 53.4. The predicted octanol–water partition coefficient (Wildman–Crippen LogP) is 0.336. The van der Waals surface area contributed by atoms with Gasteiger partial charge in [0.25, 0.3) is 11.8 Å². The van der Waals surface area contributed by atoms with Crippen LogP contribution in [0.4, 0.5) is 5.69 Å². The third kappa shape index (κ3) is 13.5. The van der Waals surface area contributed by atoms with Gasteiger partial charge in [0.05, 0.1) is 29.9 Å². The average molecular weight is 1240 g/mol. The Morgan fingerprint density at radius 2 is 1.07 bits per heavy atom. The summed E-state index contributed by atoms with van der Waals surface area (Å²) >= 11 is 0. The number of amides is 10. The molecule has 7 rings (SSSR count). The third-order valence-corrected chi connectivity index (χ3v) is 17.3. The Morgan fingerprint density at radius 1 is 0.618 bits per heavy atom. The highest BCUT2D eigenvalue weighted by Crippen LogP contribution is 2.35. The van der Waals surface area contributed by atoms with Gasteiger partial charge in [0, 0.05) is 46.8 Å². The molecule has 0 bridgehead atoms. The van der Waals surface area contributed by atoms with Crippen molar-refractivity contribution >= 4 is 87.8 Å². The molecule has 0 saturated carbocycles. The van der Waals surface area contributed by atoms with E-state index in [-0.39, 0.29) is 53.9 Å². The van der Waals surface area contributed by atoms with E-state index in [1.54, 1.807) is 62.3 Å². The zero-order chi connectivity index (χ0) is 66.3. The van der Waals surface area contributed by atoms with Gasteiger partial charge in [-0.25, -0.2) is 14.6 Å². The van der Waals surface area contributed by atoms with Crippen molar-refractivity contribution in [3.05, 3.63) is 44.6 Å². The normalized spacial score (nSPS) is 26.2. The summed E-state index contributed by atoms with van der Waals surface area (Å²) in [6, 6.07) is -7.87. The number of cyclic esters (lactones) is 2. The van der Waals surface area contributed by atoms with Gasteiger partial charge in [-0.3, -0.25) is 52.7 Å². The number of ether oxygens (including phenoxy) is 2. The molecule has 484 valence electrons. The zero-order valence-electron chi connectivity index (χ0n) is 53.4. The van der Waals surface area contributed by atoms with E-state index in [1.807, 2.05) is 0 Å². The molecule has 10 amide bonds. The number of carbonyl (C=O) groups is 12. The minimum atomic E-state index is -1.88. The van der Waals surface area contributed by atoms with Crippen molar-refractivity contribution in [3.8, 4) is 11.5 Å². The van der Waals surface area contributed by atoms with E-state index < -0.39 is 191 Å². The molecule has 6 aliphatic rings. The Kier molecular flexibility index (Phi) is 20.5. The molecule has 0 radical (unpaired) electrons. The maximum absolute atomic E-state index is 15.1. The highest BCUT2D eigenvalue weighted by molar-refractivity contribution is 6.10. The number of nitrogens with zero attached hydrogens (tertiary/aromatic N) is 7. The van der Waals surface area contributed by atoms with Crippen molar-refractivity contribution in [3.63, 3.8) is 0 Å². The SMILES string of the molecule is Cc1c2oc3c(C)ccc(C(=O)N[C@@H]4C(=O)N[C@H](C(C)C)C(=O)N5CCC[C@H]5C(=O)N(C)CC(=O)N(C)[C@@H](C(C)C)C(=O)O[C@@H]4C)c3nc-2c(C(=O)N[C@H]2C(=O)N[C@@H](C(C)C)C(=O)N3CC[C@H]3C(=O)N(C)CC(=O)N(C)[C@@H](C(C)C)C(=O)O[C@@H]2C)c(N)c1=O. The molecular weight excluding hydrogens is 1160 g/mol. The van der Waals surface area contributed by atoms with E-state index in [9.17, 15) is 52.7 Å². The highest BCUT2D eigenvalue weighted by Gasteiger charge is 2.47. The van der Waals surface area contributed by atoms with Gasteiger partial charge in [-0.15, -0.1) is 0 Å². The number of nitrogens with two attached hydrogens (primary N) is 1. The summed E-state index contributed by atoms with van der Waals surface area (Å²) in [7, 11) is 5.56. The number of aromatic nitrogens is 1. The number of esters is 2. The van der Waals surface area contributed by atoms with Crippen LogP contribution in [0.3, 0.4) is 0 Å². The summed E-state index contributed by atoms with van der Waals surface area (Å²) in [4.78, 5) is 198. The molecule has 0 aromatic heterocycles. The molecule has 10 atom stereocenters. The number of rotatable bonds is 8. The maximum atomic E-state index is 15.1. The summed E-state index contributed by atoms with van der Waals surface area (Å²) in [6.45, 7) is 18.3. The monoisotopic (exact) mass is 1240 g/mol. The van der Waals surface area contributed by atoms with Crippen LogP contribution >= 0.6 is 0 Å². The molecular formula is C61H84N12O16. The lowest BCUT2D eigenvalue weighted by Gasteiger charge is -2.44. The van der Waals surface area contributed by atoms with Crippen molar-refractivity contribution in [1.29, 1.82) is 0 Å². The van der Waals surface area contributed by atoms with E-state index >= 15 is 9.59 Å². The number of nitrogens with one attached hydrogen (secondary N) is 4. The Morgan fingerprint density at radius 3 is 1.51 bits per heavy atom. The quantitative estimate of drug-likeness (QED) is 0.115. The molecule has 4 fully saturated rings. The van der Waals surface area contributed by atoms with Crippen LogP contribution in [0.2, 0.25) is 0 Å². The Hall–Kier alpha value is -8.72. The molecule has 5 aliphatic heterocycles. The van der Waals surface area contributed by atoms with E-state index in [0.717, 1.165) is 9.80 Å². The summed E-state index contributed by atoms with van der Waals surface area (Å²) in [5, 5.41) is 10.6. The smallest absolute Gasteiger partial charge is 0.329 e. The van der Waals surface area contributed by atoms with Crippen molar-refractivity contribution in [1.82, 2.24) is 55.7 Å². The second-order valence-electron chi connectivity index (χ2n) is 25.2. The topological polar surface area (TPSA) is 360 Å². The Balaban J connectivity index is 1.32. The minimum Gasteiger partial charge on any atom is -0.458 e. The number of hydrogen-bond acceptors (Lipinski definition) is 18. The average Bonchev–Trinajstić information content (AvgIpc) is 1.14. The van der Waals surface area contributed by atoms with Gasteiger partial charge in [0.1, 0.15) is 71.8 Å². The standard InChI is InChI=1S/C61H84N12O16/c1-26(2)41-58(83)72-22-17-18-35(72)56(81)68(13)24-37(74)70(15)47(28(5)6)60(85)87-32(11)43(54(79)64-41)66-52(77)34-20-19-30(9)50-45(34)63-46-39(40(62)49(76)31(10)51(46)89-50)53(78)67-44-33(12)88-61(86)48(29(7)8)71(16)38(75)25-69(14)57(82)36-21-23-73(36)59(84)42(27(3)4)65-55(44)80/h19-20,26-29,32-33,35-36,41-44,47-48H,17-18,21-25,62H2,1-16H3,(H,64,79)(H,65,80)(H,66,77)(H,67,78)/t32-,33-,35+,36+,41-,42+,43+,44-,47+,48+/m1/s1. The van der Waals surface area contributed by atoms with Crippen LogP contribution in [0.1, 0.15) is 120 Å². The Labute approximate surface area is 515 Å². The fourth-order valence-electron chi connectivity index (χ4n) is 11.9. The van der Waals surface area contributed by atoms with Crippen LogP contribution in [-0.2, 0) is 57.4 Å². The molecule has 1 aromatic rings. The Bertz CT molecular complexity index is 3400. The van der Waals surface area contributed by atoms with Crippen LogP contribution in [0, 0.1) is 37.5 Å². The fraction of sp³-hybridized carbons (Fsp3) is 0.607. The number of nitrogen functional groups attached to an aromatic ring is 1. The molecule has 0 spiro atoms. The van der Waals surface area contributed by atoms with Crippen LogP contribution in [0.25, 0.3) is 22.6 Å². The number of fused-ring (bicyclic) bond motifs is 4. The molecule has 1 aliphatic carbocycles. The van der Waals surface area contributed by atoms with Gasteiger partial charge in [-0.2, -0.15) is 0 Å². The van der Waals surface area contributed by atoms with Gasteiger partial charge in [0.2, 0.25) is 52.7 Å². The fourth-order valence-corrected chi connectivity index (χ4v) is 11.9. The predicted molar refractivity (Wildman–Crippen MR) is 321 cm³/mol. The molecule has 4 saturated heterocycles. The van der Waals surface area contributed by atoms with Gasteiger partial charge in [0.15, 0.2) is 11.3 Å². The van der Waals surface area contributed by atoms with Crippen LogP contribution in [-0.4, -0.2) is 220 Å². The number of benzene rings is 2. The summed E-state index contributed by atoms with van der Waals surface area (Å²) in [5.74, 6) is -12.4. The van der Waals surface area contributed by atoms with Crippen molar-refractivity contribution in [2.24, 2.45) is 23.7 Å². The molecule has 1 aromatic carbocycles. The van der Waals surface area contributed by atoms with Gasteiger partial charge in [-0.1, -0.05) is 61.5 Å². The number of aryl methyl sites for hydroxylation is 1. The molecule has 5 heterocycles. The first-order valence-electron chi connectivity index (χ1n) is 30.0. The van der Waals surface area contributed by atoms with Crippen molar-refractivity contribution in [2.75, 3.05) is 60.1 Å². The summed E-state index contributed by atoms with van der Waals surface area (Å²) in [6.07, 6.45) is -2.09. The first-order valence-corrected chi connectivity index (χ1v) is 30.0. The first-order chi connectivity index (χ1) is 41.6. The van der Waals surface area contributed by atoms with Crippen LogP contribution in [0.5, 0.6) is 0 Å². The maximum Gasteiger partial charge on any atom is 0.329 e. The summed E-state index contributed by atoms with van der Waals surface area (Å²) < 4.78 is 18.3. The largest absolute Gasteiger partial charge is 0.458 e. The molecule has 6 N–H and O–H groups in total. The second kappa shape index (κ2) is 26.9. The molecule has 0 unspecified atom stereocenters. The number of anilines is 1.